The van der Waals surface area contributed by atoms with Gasteiger partial charge in [-0.2, -0.15) is 0 Å². The van der Waals surface area contributed by atoms with Crippen LogP contribution in [0.3, 0.4) is 0 Å². The highest BCUT2D eigenvalue weighted by Crippen LogP contribution is 2.18. The predicted octanol–water partition coefficient (Wildman–Crippen LogP) is 1.06. The molecule has 0 saturated carbocycles. The minimum Gasteiger partial charge on any atom is -0.396 e. The van der Waals surface area contributed by atoms with Crippen molar-refractivity contribution in [2.24, 2.45) is 0 Å². The third-order valence-electron chi connectivity index (χ3n) is 2.50. The average molecular weight is 156 g/mol. The molecule has 0 aromatic rings. The molecule has 1 rings (SSSR count). The highest BCUT2D eigenvalue weighted by molar-refractivity contribution is 4.76. The second-order valence-corrected chi connectivity index (χ2v) is 3.20. The summed E-state index contributed by atoms with van der Waals surface area (Å²) in [6, 6.07) is 0.603. The Balaban J connectivity index is 2.31. The summed E-state index contributed by atoms with van der Waals surface area (Å²) in [6.07, 6.45) is 4.80. The van der Waals surface area contributed by atoms with Crippen LogP contribution in [0.15, 0.2) is 0 Å². The normalized spacial score (nSPS) is 27.3. The minimum atomic E-state index is 0.321. The van der Waals surface area contributed by atoms with Crippen molar-refractivity contribution in [2.45, 2.75) is 31.7 Å². The molecule has 0 amide bonds. The fourth-order valence-electron chi connectivity index (χ4n) is 1.83. The van der Waals surface area contributed by atoms with Gasteiger partial charge in [0.25, 0.3) is 0 Å². The monoisotopic (exact) mass is 156 g/mol. The molecule has 65 valence electrons. The van der Waals surface area contributed by atoms with Gasteiger partial charge >= 0.3 is 0 Å². The lowest BCUT2D eigenvalue weighted by Gasteiger charge is -2.34. The van der Waals surface area contributed by atoms with E-state index in [9.17, 15) is 0 Å². The Hall–Kier alpha value is -0.0800. The Kier molecular flexibility index (Phi) is 3.87. The van der Waals surface area contributed by atoms with E-state index in [0.717, 1.165) is 13.0 Å². The number of likely N-dealkylation sites (tertiary alicyclic amines) is 1. The molecule has 0 aliphatic carbocycles. The average Bonchev–Trinajstić information content (AvgIpc) is 2.06. The standard InChI is InChI=1S/C9H18NO/c1-2-10-7-4-3-5-9(10)6-8-11/h9,11H,1-8H2. The lowest BCUT2D eigenvalue weighted by Crippen LogP contribution is -2.39. The van der Waals surface area contributed by atoms with Crippen LogP contribution in [0.25, 0.3) is 0 Å². The molecule has 1 radical (unpaired) electrons. The van der Waals surface area contributed by atoms with Crippen molar-refractivity contribution in [2.75, 3.05) is 19.7 Å². The highest BCUT2D eigenvalue weighted by Gasteiger charge is 2.19. The lowest BCUT2D eigenvalue weighted by atomic mass is 10.00. The van der Waals surface area contributed by atoms with E-state index in [0.29, 0.717) is 12.6 Å². The Morgan fingerprint density at radius 3 is 2.91 bits per heavy atom. The van der Waals surface area contributed by atoms with Crippen molar-refractivity contribution in [1.82, 2.24) is 4.90 Å². The first-order chi connectivity index (χ1) is 5.38. The lowest BCUT2D eigenvalue weighted by molar-refractivity contribution is 0.131. The van der Waals surface area contributed by atoms with Gasteiger partial charge in [-0.15, -0.1) is 0 Å². The molecule has 0 bridgehead atoms. The number of aliphatic hydroxyl groups excluding tert-OH is 1. The Morgan fingerprint density at radius 1 is 1.45 bits per heavy atom. The molecule has 2 heteroatoms. The molecular formula is C9H18NO. The molecule has 1 fully saturated rings. The number of hydrogen-bond donors (Lipinski definition) is 1. The van der Waals surface area contributed by atoms with Crippen LogP contribution in [0.1, 0.15) is 25.7 Å². The van der Waals surface area contributed by atoms with Crippen LogP contribution in [0.5, 0.6) is 0 Å². The van der Waals surface area contributed by atoms with Gasteiger partial charge in [0.05, 0.1) is 0 Å². The van der Waals surface area contributed by atoms with E-state index in [2.05, 4.69) is 11.8 Å². The maximum atomic E-state index is 8.78. The van der Waals surface area contributed by atoms with Crippen molar-refractivity contribution in [3.05, 3.63) is 6.92 Å². The van der Waals surface area contributed by atoms with Gasteiger partial charge in [0, 0.05) is 12.6 Å². The predicted molar refractivity (Wildman–Crippen MR) is 46.3 cm³/mol. The van der Waals surface area contributed by atoms with Crippen LogP contribution in [-0.4, -0.2) is 35.7 Å². The largest absolute Gasteiger partial charge is 0.396 e. The molecule has 1 unspecified atom stereocenters. The second-order valence-electron chi connectivity index (χ2n) is 3.20. The first kappa shape index (κ1) is 9.01. The van der Waals surface area contributed by atoms with E-state index >= 15 is 0 Å². The van der Waals surface area contributed by atoms with E-state index in [4.69, 9.17) is 5.11 Å². The van der Waals surface area contributed by atoms with Crippen molar-refractivity contribution < 1.29 is 5.11 Å². The summed E-state index contributed by atoms with van der Waals surface area (Å²) in [5.74, 6) is 0. The number of nitrogens with zero attached hydrogens (tertiary/aromatic N) is 1. The molecule has 0 spiro atoms. The molecule has 1 N–H and O–H groups in total. The molecule has 1 aliphatic rings. The summed E-state index contributed by atoms with van der Waals surface area (Å²) < 4.78 is 0. The van der Waals surface area contributed by atoms with E-state index in [1.54, 1.807) is 0 Å². The third kappa shape index (κ3) is 2.46. The summed E-state index contributed by atoms with van der Waals surface area (Å²) in [7, 11) is 0. The Bertz CT molecular complexity index is 104. The number of aliphatic hydroxyl groups is 1. The molecule has 1 heterocycles. The van der Waals surface area contributed by atoms with Gasteiger partial charge in [-0.25, -0.2) is 0 Å². The third-order valence-corrected chi connectivity index (χ3v) is 2.50. The summed E-state index contributed by atoms with van der Waals surface area (Å²) in [5.41, 5.74) is 0. The first-order valence-electron chi connectivity index (χ1n) is 4.52. The molecule has 11 heavy (non-hydrogen) atoms. The van der Waals surface area contributed by atoms with E-state index < -0.39 is 0 Å². The molecule has 1 saturated heterocycles. The van der Waals surface area contributed by atoms with E-state index in [1.807, 2.05) is 0 Å². The zero-order chi connectivity index (χ0) is 8.10. The van der Waals surface area contributed by atoms with Crippen LogP contribution in [0, 0.1) is 6.92 Å². The van der Waals surface area contributed by atoms with Crippen LogP contribution >= 0.6 is 0 Å². The van der Waals surface area contributed by atoms with Crippen molar-refractivity contribution in [3.63, 3.8) is 0 Å². The van der Waals surface area contributed by atoms with E-state index in [1.165, 1.54) is 25.8 Å². The van der Waals surface area contributed by atoms with Gasteiger partial charge in [0.1, 0.15) is 0 Å². The quantitative estimate of drug-likeness (QED) is 0.660. The van der Waals surface area contributed by atoms with Gasteiger partial charge in [-0.05, 0) is 39.3 Å². The maximum absolute atomic E-state index is 8.78. The van der Waals surface area contributed by atoms with E-state index in [-0.39, 0.29) is 0 Å². The Labute approximate surface area is 69.2 Å². The molecule has 0 aromatic carbocycles. The topological polar surface area (TPSA) is 23.5 Å². The van der Waals surface area contributed by atoms with Crippen LogP contribution in [0.2, 0.25) is 0 Å². The molecule has 1 aliphatic heterocycles. The summed E-state index contributed by atoms with van der Waals surface area (Å²) >= 11 is 0. The van der Waals surface area contributed by atoms with Gasteiger partial charge in [0.2, 0.25) is 0 Å². The van der Waals surface area contributed by atoms with Crippen LogP contribution in [-0.2, 0) is 0 Å². The second kappa shape index (κ2) is 4.73. The SMILES string of the molecule is [CH2]CN1CCCCC1CCO. The van der Waals surface area contributed by atoms with Crippen LogP contribution in [0.4, 0.5) is 0 Å². The zero-order valence-electron chi connectivity index (χ0n) is 7.13. The summed E-state index contributed by atoms with van der Waals surface area (Å²) in [4.78, 5) is 2.37. The maximum Gasteiger partial charge on any atom is 0.0445 e. The Morgan fingerprint density at radius 2 is 2.27 bits per heavy atom. The number of piperidine rings is 1. The summed E-state index contributed by atoms with van der Waals surface area (Å²) in [5, 5.41) is 8.78. The number of hydrogen-bond acceptors (Lipinski definition) is 2. The molecule has 2 nitrogen and oxygen atoms in total. The van der Waals surface area contributed by atoms with Gasteiger partial charge in [0.15, 0.2) is 0 Å². The van der Waals surface area contributed by atoms with Crippen LogP contribution < -0.4 is 0 Å². The van der Waals surface area contributed by atoms with Gasteiger partial charge < -0.3 is 10.0 Å². The molecule has 1 atom stereocenters. The first-order valence-corrected chi connectivity index (χ1v) is 4.52. The number of rotatable bonds is 3. The molecular weight excluding hydrogens is 138 g/mol. The van der Waals surface area contributed by atoms with Gasteiger partial charge in [-0.3, -0.25) is 0 Å². The summed E-state index contributed by atoms with van der Waals surface area (Å²) in [6.45, 7) is 6.28. The van der Waals surface area contributed by atoms with Crippen molar-refractivity contribution >= 4 is 0 Å². The minimum absolute atomic E-state index is 0.321. The van der Waals surface area contributed by atoms with Gasteiger partial charge in [-0.1, -0.05) is 6.42 Å². The molecule has 0 aromatic heterocycles. The zero-order valence-corrected chi connectivity index (χ0v) is 7.13. The smallest absolute Gasteiger partial charge is 0.0445 e. The fraction of sp³-hybridized carbons (Fsp3) is 0.889. The van der Waals surface area contributed by atoms with Crippen molar-refractivity contribution in [1.29, 1.82) is 0 Å². The fourth-order valence-corrected chi connectivity index (χ4v) is 1.83. The van der Waals surface area contributed by atoms with Crippen molar-refractivity contribution in [3.8, 4) is 0 Å². The highest BCUT2D eigenvalue weighted by atomic mass is 16.3.